The summed E-state index contributed by atoms with van der Waals surface area (Å²) in [6, 6.07) is 0.860. The van der Waals surface area contributed by atoms with Crippen molar-refractivity contribution in [1.82, 2.24) is 9.29 Å². The summed E-state index contributed by atoms with van der Waals surface area (Å²) >= 11 is 0. The maximum atomic E-state index is 12.9. The van der Waals surface area contributed by atoms with Crippen molar-refractivity contribution >= 4 is 16.0 Å². The van der Waals surface area contributed by atoms with Gasteiger partial charge in [-0.3, -0.25) is 0 Å². The Labute approximate surface area is 119 Å². The summed E-state index contributed by atoms with van der Waals surface area (Å²) in [4.78, 5) is 10.7. The first-order valence-electron chi connectivity index (χ1n) is 6.10. The summed E-state index contributed by atoms with van der Waals surface area (Å²) in [5, 5.41) is 17.4. The number of alkyl halides is 2. The number of aliphatic hydroxyl groups excluding tert-OH is 1. The van der Waals surface area contributed by atoms with Crippen LogP contribution in [0.1, 0.15) is 29.4 Å². The van der Waals surface area contributed by atoms with Crippen LogP contribution in [-0.2, 0) is 10.0 Å². The van der Waals surface area contributed by atoms with Gasteiger partial charge in [0.15, 0.2) is 0 Å². The van der Waals surface area contributed by atoms with E-state index >= 15 is 0 Å². The second-order valence-corrected chi connectivity index (χ2v) is 6.61. The van der Waals surface area contributed by atoms with Gasteiger partial charge < -0.3 is 14.8 Å². The molecule has 0 aliphatic heterocycles. The minimum atomic E-state index is -4.27. The molecule has 0 amide bonds. The lowest BCUT2D eigenvalue weighted by atomic mass is 10.4. The molecule has 0 radical (unpaired) electrons. The van der Waals surface area contributed by atoms with E-state index in [4.69, 9.17) is 10.2 Å². The maximum Gasteiger partial charge on any atom is 0.352 e. The Morgan fingerprint density at radius 1 is 1.48 bits per heavy atom. The SMILES string of the molecule is O=C(O)c1cc(S(=O)(=O)NCC(F)(F)CO)cn1C1CC1. The van der Waals surface area contributed by atoms with Gasteiger partial charge in [-0.25, -0.2) is 26.7 Å². The van der Waals surface area contributed by atoms with Crippen LogP contribution < -0.4 is 4.72 Å². The zero-order valence-electron chi connectivity index (χ0n) is 10.8. The number of rotatable bonds is 7. The van der Waals surface area contributed by atoms with Crippen molar-refractivity contribution in [3.05, 3.63) is 18.0 Å². The summed E-state index contributed by atoms with van der Waals surface area (Å²) in [6.45, 7) is -2.75. The molecule has 1 aromatic heterocycles. The third kappa shape index (κ3) is 3.57. The molecule has 10 heteroatoms. The van der Waals surface area contributed by atoms with Crippen LogP contribution in [0.25, 0.3) is 0 Å². The van der Waals surface area contributed by atoms with Gasteiger partial charge in [-0.1, -0.05) is 0 Å². The number of carboxylic acids is 1. The molecule has 1 aliphatic rings. The molecule has 1 saturated carbocycles. The van der Waals surface area contributed by atoms with E-state index in [1.54, 1.807) is 4.72 Å². The van der Waals surface area contributed by atoms with E-state index in [-0.39, 0.29) is 16.6 Å². The number of hydrogen-bond acceptors (Lipinski definition) is 4. The van der Waals surface area contributed by atoms with E-state index in [1.165, 1.54) is 4.57 Å². The Balaban J connectivity index is 2.24. The third-order valence-corrected chi connectivity index (χ3v) is 4.41. The highest BCUT2D eigenvalue weighted by atomic mass is 32.2. The first-order valence-corrected chi connectivity index (χ1v) is 7.58. The molecule has 1 heterocycles. The number of carboxylic acid groups (broad SMARTS) is 1. The highest BCUT2D eigenvalue weighted by molar-refractivity contribution is 7.89. The van der Waals surface area contributed by atoms with Crippen LogP contribution in [0, 0.1) is 0 Å². The van der Waals surface area contributed by atoms with Gasteiger partial charge in [0, 0.05) is 12.2 Å². The van der Waals surface area contributed by atoms with Crippen molar-refractivity contribution in [3.8, 4) is 0 Å². The quantitative estimate of drug-likeness (QED) is 0.674. The normalized spacial score (nSPS) is 16.1. The number of carbonyl (C=O) groups is 1. The topological polar surface area (TPSA) is 109 Å². The zero-order chi connectivity index (χ0) is 15.8. The largest absolute Gasteiger partial charge is 0.477 e. The van der Waals surface area contributed by atoms with Crippen molar-refractivity contribution in [1.29, 1.82) is 0 Å². The first kappa shape index (κ1) is 15.9. The van der Waals surface area contributed by atoms with E-state index < -0.39 is 35.1 Å². The second kappa shape index (κ2) is 5.35. The van der Waals surface area contributed by atoms with Gasteiger partial charge >= 0.3 is 5.97 Å². The fourth-order valence-electron chi connectivity index (χ4n) is 1.77. The molecule has 3 N–H and O–H groups in total. The summed E-state index contributed by atoms with van der Waals surface area (Å²) in [7, 11) is -4.27. The second-order valence-electron chi connectivity index (χ2n) is 4.84. The fraction of sp³-hybridized carbons (Fsp3) is 0.545. The molecule has 0 saturated heterocycles. The van der Waals surface area contributed by atoms with E-state index in [0.29, 0.717) is 0 Å². The standard InChI is InChI=1S/C11H14F2N2O5S/c12-11(13,6-16)5-14-21(19,20)8-3-9(10(17)18)15(4-8)7-1-2-7/h3-4,7,14,16H,1-2,5-6H2,(H,17,18). The fourth-order valence-corrected chi connectivity index (χ4v) is 2.85. The van der Waals surface area contributed by atoms with E-state index in [1.807, 2.05) is 0 Å². The number of hydrogen-bond donors (Lipinski definition) is 3. The van der Waals surface area contributed by atoms with Gasteiger partial charge in [0.1, 0.15) is 17.2 Å². The lowest BCUT2D eigenvalue weighted by Crippen LogP contribution is -2.38. The molecular formula is C11H14F2N2O5S. The number of nitrogens with zero attached hydrogens (tertiary/aromatic N) is 1. The van der Waals surface area contributed by atoms with Crippen molar-refractivity contribution in [3.63, 3.8) is 0 Å². The third-order valence-electron chi connectivity index (χ3n) is 3.05. The Hall–Kier alpha value is -1.52. The summed E-state index contributed by atoms with van der Waals surface area (Å²) in [5.41, 5.74) is -0.202. The molecule has 0 spiro atoms. The average Bonchev–Trinajstić information content (AvgIpc) is 3.14. The maximum absolute atomic E-state index is 12.9. The zero-order valence-corrected chi connectivity index (χ0v) is 11.6. The van der Waals surface area contributed by atoms with Gasteiger partial charge in [0.25, 0.3) is 5.92 Å². The Morgan fingerprint density at radius 2 is 2.10 bits per heavy atom. The molecule has 1 aliphatic carbocycles. The molecule has 118 valence electrons. The minimum absolute atomic E-state index is 0.0704. The van der Waals surface area contributed by atoms with Gasteiger partial charge in [-0.15, -0.1) is 0 Å². The van der Waals surface area contributed by atoms with Crippen LogP contribution in [0.15, 0.2) is 17.2 Å². The minimum Gasteiger partial charge on any atom is -0.477 e. The Bertz CT molecular complexity index is 652. The molecule has 7 nitrogen and oxygen atoms in total. The van der Waals surface area contributed by atoms with E-state index in [0.717, 1.165) is 25.1 Å². The van der Waals surface area contributed by atoms with E-state index in [9.17, 15) is 22.0 Å². The highest BCUT2D eigenvalue weighted by Crippen LogP contribution is 2.37. The van der Waals surface area contributed by atoms with Crippen LogP contribution >= 0.6 is 0 Å². The Morgan fingerprint density at radius 3 is 2.57 bits per heavy atom. The summed E-state index contributed by atoms with van der Waals surface area (Å²) in [6.07, 6.45) is 2.61. The van der Waals surface area contributed by atoms with Crippen molar-refractivity contribution in [2.24, 2.45) is 0 Å². The summed E-state index contributed by atoms with van der Waals surface area (Å²) in [5.74, 6) is -4.87. The van der Waals surface area contributed by atoms with Gasteiger partial charge in [0.05, 0.1) is 6.54 Å². The number of aromatic carboxylic acids is 1. The van der Waals surface area contributed by atoms with Crippen LogP contribution in [-0.4, -0.2) is 48.2 Å². The number of sulfonamides is 1. The van der Waals surface area contributed by atoms with Gasteiger partial charge in [0.2, 0.25) is 10.0 Å². The lowest BCUT2D eigenvalue weighted by molar-refractivity contribution is -0.0437. The molecule has 1 aromatic rings. The smallest absolute Gasteiger partial charge is 0.352 e. The number of aliphatic hydroxyl groups is 1. The molecular weight excluding hydrogens is 310 g/mol. The predicted molar refractivity (Wildman–Crippen MR) is 66.9 cm³/mol. The average molecular weight is 324 g/mol. The Kier molecular flexibility index (Phi) is 4.04. The van der Waals surface area contributed by atoms with E-state index in [2.05, 4.69) is 0 Å². The van der Waals surface area contributed by atoms with Crippen LogP contribution in [0.5, 0.6) is 0 Å². The van der Waals surface area contributed by atoms with Crippen LogP contribution in [0.2, 0.25) is 0 Å². The van der Waals surface area contributed by atoms with Crippen molar-refractivity contribution < 1.29 is 32.2 Å². The molecule has 0 atom stereocenters. The molecule has 1 fully saturated rings. The highest BCUT2D eigenvalue weighted by Gasteiger charge is 2.33. The molecule has 2 rings (SSSR count). The van der Waals surface area contributed by atoms with Crippen LogP contribution in [0.4, 0.5) is 8.78 Å². The van der Waals surface area contributed by atoms with Gasteiger partial charge in [-0.2, -0.15) is 0 Å². The number of aromatic nitrogens is 1. The van der Waals surface area contributed by atoms with Crippen LogP contribution in [0.3, 0.4) is 0 Å². The van der Waals surface area contributed by atoms with Gasteiger partial charge in [-0.05, 0) is 18.9 Å². The molecule has 21 heavy (non-hydrogen) atoms. The lowest BCUT2D eigenvalue weighted by Gasteiger charge is -2.13. The predicted octanol–water partition coefficient (Wildman–Crippen LogP) is 0.427. The molecule has 0 aromatic carbocycles. The first-order chi connectivity index (χ1) is 9.66. The van der Waals surface area contributed by atoms with Crippen molar-refractivity contribution in [2.75, 3.05) is 13.2 Å². The number of halogens is 2. The van der Waals surface area contributed by atoms with Crippen molar-refractivity contribution in [2.45, 2.75) is 29.7 Å². The summed E-state index contributed by atoms with van der Waals surface area (Å²) < 4.78 is 52.5. The molecule has 0 bridgehead atoms. The monoisotopic (exact) mass is 324 g/mol. The number of nitrogens with one attached hydrogen (secondary N) is 1. The molecule has 0 unspecified atom stereocenters.